The molecule has 0 N–H and O–H groups in total. The number of hydrogen-bond donors (Lipinski definition) is 0. The summed E-state index contributed by atoms with van der Waals surface area (Å²) in [6.45, 7) is 6.26. The van der Waals surface area contributed by atoms with Gasteiger partial charge >= 0.3 is 0 Å². The summed E-state index contributed by atoms with van der Waals surface area (Å²) in [6, 6.07) is 14.3. The Morgan fingerprint density at radius 3 is 2.24 bits per heavy atom. The second kappa shape index (κ2) is 4.88. The van der Waals surface area contributed by atoms with Crippen molar-refractivity contribution < 1.29 is 0 Å². The van der Waals surface area contributed by atoms with Crippen molar-refractivity contribution in [2.24, 2.45) is 0 Å². The fourth-order valence-electron chi connectivity index (χ4n) is 2.22. The first-order valence-electron chi connectivity index (χ1n) is 5.98. The van der Waals surface area contributed by atoms with Gasteiger partial charge in [-0.05, 0) is 26.0 Å². The molecule has 0 bridgehead atoms. The van der Waals surface area contributed by atoms with E-state index in [1.165, 1.54) is 5.69 Å². The van der Waals surface area contributed by atoms with Gasteiger partial charge in [0, 0.05) is 29.5 Å². The van der Waals surface area contributed by atoms with E-state index in [1.807, 2.05) is 30.3 Å². The van der Waals surface area contributed by atoms with E-state index in [0.29, 0.717) is 0 Å². The van der Waals surface area contributed by atoms with Crippen molar-refractivity contribution in [3.8, 4) is 6.07 Å². The Labute approximate surface area is 102 Å². The van der Waals surface area contributed by atoms with Crippen molar-refractivity contribution in [2.75, 3.05) is 18.0 Å². The standard InChI is InChI=1S/C15H16N2/c1-3-17(4-2)15-10-9-12(11-16)13-7-5-6-8-14(13)15/h5-10H,3-4H2,1-2H3. The molecule has 0 amide bonds. The van der Waals surface area contributed by atoms with E-state index in [0.717, 1.165) is 29.4 Å². The summed E-state index contributed by atoms with van der Waals surface area (Å²) in [6.07, 6.45) is 0. The summed E-state index contributed by atoms with van der Waals surface area (Å²) in [7, 11) is 0. The molecular weight excluding hydrogens is 208 g/mol. The van der Waals surface area contributed by atoms with Crippen LogP contribution < -0.4 is 4.90 Å². The Morgan fingerprint density at radius 2 is 1.65 bits per heavy atom. The second-order valence-electron chi connectivity index (χ2n) is 3.96. The van der Waals surface area contributed by atoms with Gasteiger partial charge in [0.2, 0.25) is 0 Å². The summed E-state index contributed by atoms with van der Waals surface area (Å²) in [5.41, 5.74) is 1.96. The van der Waals surface area contributed by atoms with Crippen molar-refractivity contribution >= 4 is 16.5 Å². The van der Waals surface area contributed by atoms with E-state index < -0.39 is 0 Å². The maximum Gasteiger partial charge on any atom is 0.0998 e. The van der Waals surface area contributed by atoms with Crippen molar-refractivity contribution in [2.45, 2.75) is 13.8 Å². The molecule has 0 fully saturated rings. The predicted molar refractivity (Wildman–Crippen MR) is 72.2 cm³/mol. The Balaban J connectivity index is 2.71. The summed E-state index contributed by atoms with van der Waals surface area (Å²) >= 11 is 0. The minimum Gasteiger partial charge on any atom is -0.372 e. The average molecular weight is 224 g/mol. The van der Waals surface area contributed by atoms with E-state index in [2.05, 4.69) is 30.9 Å². The van der Waals surface area contributed by atoms with E-state index in [-0.39, 0.29) is 0 Å². The molecule has 0 radical (unpaired) electrons. The molecule has 2 rings (SSSR count). The lowest BCUT2D eigenvalue weighted by atomic mass is 10.0. The van der Waals surface area contributed by atoms with Crippen molar-refractivity contribution in [1.29, 1.82) is 5.26 Å². The summed E-state index contributed by atoms with van der Waals surface area (Å²) < 4.78 is 0. The molecule has 2 aromatic rings. The van der Waals surface area contributed by atoms with Crippen LogP contribution >= 0.6 is 0 Å². The van der Waals surface area contributed by atoms with Gasteiger partial charge in [-0.25, -0.2) is 0 Å². The fourth-order valence-corrected chi connectivity index (χ4v) is 2.22. The van der Waals surface area contributed by atoms with Gasteiger partial charge in [0.1, 0.15) is 0 Å². The normalized spacial score (nSPS) is 10.2. The molecular formula is C15H16N2. The molecule has 0 aromatic heterocycles. The van der Waals surface area contributed by atoms with Gasteiger partial charge in [-0.15, -0.1) is 0 Å². The quantitative estimate of drug-likeness (QED) is 0.797. The first kappa shape index (κ1) is 11.5. The minimum atomic E-state index is 0.747. The minimum absolute atomic E-state index is 0.747. The maximum atomic E-state index is 9.12. The number of rotatable bonds is 3. The lowest BCUT2D eigenvalue weighted by Gasteiger charge is -2.23. The third kappa shape index (κ3) is 1.97. The van der Waals surface area contributed by atoms with Crippen LogP contribution in [0.15, 0.2) is 36.4 Å². The van der Waals surface area contributed by atoms with Crippen LogP contribution in [0, 0.1) is 11.3 Å². The summed E-state index contributed by atoms with van der Waals surface area (Å²) in [4.78, 5) is 2.31. The molecule has 17 heavy (non-hydrogen) atoms. The van der Waals surface area contributed by atoms with Crippen LogP contribution in [0.5, 0.6) is 0 Å². The van der Waals surface area contributed by atoms with E-state index >= 15 is 0 Å². The van der Waals surface area contributed by atoms with Crippen LogP contribution in [0.4, 0.5) is 5.69 Å². The molecule has 2 nitrogen and oxygen atoms in total. The molecule has 2 heteroatoms. The number of hydrogen-bond acceptors (Lipinski definition) is 2. The molecule has 0 spiro atoms. The largest absolute Gasteiger partial charge is 0.372 e. The van der Waals surface area contributed by atoms with Gasteiger partial charge in [-0.1, -0.05) is 24.3 Å². The molecule has 0 saturated carbocycles. The van der Waals surface area contributed by atoms with Gasteiger partial charge < -0.3 is 4.90 Å². The SMILES string of the molecule is CCN(CC)c1ccc(C#N)c2ccccc12. The van der Waals surface area contributed by atoms with Gasteiger partial charge in [-0.3, -0.25) is 0 Å². The Hall–Kier alpha value is -2.01. The van der Waals surface area contributed by atoms with E-state index in [4.69, 9.17) is 5.26 Å². The van der Waals surface area contributed by atoms with Gasteiger partial charge in [0.25, 0.3) is 0 Å². The molecule has 0 aliphatic rings. The van der Waals surface area contributed by atoms with Crippen LogP contribution in [0.1, 0.15) is 19.4 Å². The predicted octanol–water partition coefficient (Wildman–Crippen LogP) is 3.56. The lowest BCUT2D eigenvalue weighted by molar-refractivity contribution is 0.870. The number of fused-ring (bicyclic) bond motifs is 1. The first-order chi connectivity index (χ1) is 8.31. The smallest absolute Gasteiger partial charge is 0.0998 e. The summed E-state index contributed by atoms with van der Waals surface area (Å²) in [5.74, 6) is 0. The number of anilines is 1. The number of nitrogens with zero attached hydrogens (tertiary/aromatic N) is 2. The van der Waals surface area contributed by atoms with Crippen LogP contribution in [0.25, 0.3) is 10.8 Å². The highest BCUT2D eigenvalue weighted by Crippen LogP contribution is 2.29. The highest BCUT2D eigenvalue weighted by Gasteiger charge is 2.09. The van der Waals surface area contributed by atoms with Crippen molar-refractivity contribution in [1.82, 2.24) is 0 Å². The van der Waals surface area contributed by atoms with Gasteiger partial charge in [-0.2, -0.15) is 5.26 Å². The summed E-state index contributed by atoms with van der Waals surface area (Å²) in [5, 5.41) is 11.3. The third-order valence-corrected chi connectivity index (χ3v) is 3.13. The highest BCUT2D eigenvalue weighted by molar-refractivity contribution is 5.97. The second-order valence-corrected chi connectivity index (χ2v) is 3.96. The molecule has 0 saturated heterocycles. The zero-order chi connectivity index (χ0) is 12.3. The Bertz CT molecular complexity index is 563. The molecule has 0 atom stereocenters. The Morgan fingerprint density at radius 1 is 1.00 bits per heavy atom. The van der Waals surface area contributed by atoms with Crippen LogP contribution in [0.3, 0.4) is 0 Å². The zero-order valence-corrected chi connectivity index (χ0v) is 10.3. The van der Waals surface area contributed by atoms with Gasteiger partial charge in [0.05, 0.1) is 11.6 Å². The Kier molecular flexibility index (Phi) is 3.30. The topological polar surface area (TPSA) is 27.0 Å². The van der Waals surface area contributed by atoms with E-state index in [1.54, 1.807) is 0 Å². The molecule has 2 aromatic carbocycles. The highest BCUT2D eigenvalue weighted by atomic mass is 15.1. The molecule has 86 valence electrons. The van der Waals surface area contributed by atoms with E-state index in [9.17, 15) is 0 Å². The lowest BCUT2D eigenvalue weighted by Crippen LogP contribution is -2.22. The molecule has 0 aliphatic carbocycles. The van der Waals surface area contributed by atoms with Crippen LogP contribution in [-0.4, -0.2) is 13.1 Å². The zero-order valence-electron chi connectivity index (χ0n) is 10.3. The van der Waals surface area contributed by atoms with Crippen molar-refractivity contribution in [3.05, 3.63) is 42.0 Å². The number of benzene rings is 2. The fraction of sp³-hybridized carbons (Fsp3) is 0.267. The number of nitriles is 1. The maximum absolute atomic E-state index is 9.12. The monoisotopic (exact) mass is 224 g/mol. The third-order valence-electron chi connectivity index (χ3n) is 3.13. The van der Waals surface area contributed by atoms with Crippen LogP contribution in [-0.2, 0) is 0 Å². The molecule has 0 aliphatic heterocycles. The van der Waals surface area contributed by atoms with Crippen LogP contribution in [0.2, 0.25) is 0 Å². The van der Waals surface area contributed by atoms with Gasteiger partial charge in [0.15, 0.2) is 0 Å². The first-order valence-corrected chi connectivity index (χ1v) is 5.98. The van der Waals surface area contributed by atoms with Crippen molar-refractivity contribution in [3.63, 3.8) is 0 Å². The molecule has 0 heterocycles. The average Bonchev–Trinajstić information content (AvgIpc) is 2.40. The molecule has 0 unspecified atom stereocenters.